The molecule has 4 rings (SSSR count). The van der Waals surface area contributed by atoms with Crippen LogP contribution in [0.2, 0.25) is 5.02 Å². The largest absolute Gasteiger partial charge is 0.278 e. The Morgan fingerprint density at radius 2 is 1.71 bits per heavy atom. The fourth-order valence-corrected chi connectivity index (χ4v) is 2.79. The quantitative estimate of drug-likeness (QED) is 0.429. The van der Waals surface area contributed by atoms with Crippen molar-refractivity contribution in [2.75, 3.05) is 5.43 Å². The lowest BCUT2D eigenvalue weighted by Crippen LogP contribution is -1.94. The highest BCUT2D eigenvalue weighted by atomic mass is 35.5. The van der Waals surface area contributed by atoms with Crippen molar-refractivity contribution in [1.29, 1.82) is 0 Å². The molecule has 5 heteroatoms. The topological polar surface area (TPSA) is 50.2 Å². The predicted molar refractivity (Wildman–Crippen MR) is 99.7 cm³/mol. The normalized spacial score (nSPS) is 11.4. The Labute approximate surface area is 143 Å². The van der Waals surface area contributed by atoms with Gasteiger partial charge in [-0.1, -0.05) is 29.8 Å². The standard InChI is InChI=1S/C19H13ClN4/c20-14-5-6-16-18(8-10-22-19(16)11-14)24-23-12-13-7-9-21-17-4-2-1-3-15(13)17/h1-12H,(H,22,24)/b23-12-. The summed E-state index contributed by atoms with van der Waals surface area (Å²) in [5.74, 6) is 0. The van der Waals surface area contributed by atoms with Crippen molar-refractivity contribution in [2.45, 2.75) is 0 Å². The number of aromatic nitrogens is 2. The van der Waals surface area contributed by atoms with Gasteiger partial charge in [-0.2, -0.15) is 5.10 Å². The molecule has 0 saturated heterocycles. The summed E-state index contributed by atoms with van der Waals surface area (Å²) in [4.78, 5) is 8.68. The van der Waals surface area contributed by atoms with E-state index >= 15 is 0 Å². The zero-order chi connectivity index (χ0) is 16.4. The molecule has 0 aliphatic rings. The molecule has 2 heterocycles. The molecule has 0 aliphatic carbocycles. The highest BCUT2D eigenvalue weighted by Crippen LogP contribution is 2.24. The number of nitrogens with one attached hydrogen (secondary N) is 1. The second-order valence-electron chi connectivity index (χ2n) is 5.31. The zero-order valence-corrected chi connectivity index (χ0v) is 13.4. The van der Waals surface area contributed by atoms with Gasteiger partial charge in [0.2, 0.25) is 0 Å². The molecule has 0 radical (unpaired) electrons. The van der Waals surface area contributed by atoms with Gasteiger partial charge in [-0.3, -0.25) is 15.4 Å². The fourth-order valence-electron chi connectivity index (χ4n) is 2.62. The molecule has 2 aromatic heterocycles. The molecule has 0 saturated carbocycles. The SMILES string of the molecule is Clc1ccc2c(N/N=C\c3ccnc4ccccc34)ccnc2c1. The van der Waals surface area contributed by atoms with Gasteiger partial charge in [0, 0.05) is 33.8 Å². The Bertz CT molecular complexity index is 1050. The first kappa shape index (κ1) is 14.6. The van der Waals surface area contributed by atoms with Gasteiger partial charge in [0.15, 0.2) is 0 Å². The Kier molecular flexibility index (Phi) is 3.81. The number of fused-ring (bicyclic) bond motifs is 2. The van der Waals surface area contributed by atoms with Crippen LogP contribution >= 0.6 is 11.6 Å². The van der Waals surface area contributed by atoms with Gasteiger partial charge in [0.25, 0.3) is 0 Å². The number of hydrogen-bond acceptors (Lipinski definition) is 4. The number of benzene rings is 2. The van der Waals surface area contributed by atoms with Crippen molar-refractivity contribution >= 4 is 45.3 Å². The summed E-state index contributed by atoms with van der Waals surface area (Å²) in [5, 5.41) is 7.07. The van der Waals surface area contributed by atoms with E-state index in [1.54, 1.807) is 18.6 Å². The summed E-state index contributed by atoms with van der Waals surface area (Å²) >= 11 is 6.01. The van der Waals surface area contributed by atoms with E-state index < -0.39 is 0 Å². The molecule has 0 bridgehead atoms. The molecule has 0 amide bonds. The van der Waals surface area contributed by atoms with E-state index in [1.807, 2.05) is 54.6 Å². The molecule has 1 N–H and O–H groups in total. The van der Waals surface area contributed by atoms with Gasteiger partial charge in [-0.25, -0.2) is 0 Å². The van der Waals surface area contributed by atoms with Gasteiger partial charge in [-0.15, -0.1) is 0 Å². The summed E-state index contributed by atoms with van der Waals surface area (Å²) in [6.07, 6.45) is 5.32. The molecule has 0 aliphatic heterocycles. The molecule has 4 nitrogen and oxygen atoms in total. The lowest BCUT2D eigenvalue weighted by Gasteiger charge is -2.05. The van der Waals surface area contributed by atoms with E-state index in [0.29, 0.717) is 5.02 Å². The lowest BCUT2D eigenvalue weighted by atomic mass is 10.1. The summed E-state index contributed by atoms with van der Waals surface area (Å²) in [7, 11) is 0. The Balaban J connectivity index is 1.66. The monoisotopic (exact) mass is 332 g/mol. The van der Waals surface area contributed by atoms with Crippen LogP contribution in [0.1, 0.15) is 5.56 Å². The Hall–Kier alpha value is -2.98. The van der Waals surface area contributed by atoms with Crippen LogP contribution in [0.25, 0.3) is 21.8 Å². The smallest absolute Gasteiger partial charge is 0.0738 e. The molecule has 4 aromatic rings. The second kappa shape index (κ2) is 6.26. The number of para-hydroxylation sites is 1. The van der Waals surface area contributed by atoms with E-state index in [4.69, 9.17) is 11.6 Å². The lowest BCUT2D eigenvalue weighted by molar-refractivity contribution is 1.33. The van der Waals surface area contributed by atoms with Crippen LogP contribution in [0, 0.1) is 0 Å². The van der Waals surface area contributed by atoms with E-state index in [2.05, 4.69) is 20.5 Å². The minimum absolute atomic E-state index is 0.666. The van der Waals surface area contributed by atoms with Crippen molar-refractivity contribution in [3.8, 4) is 0 Å². The van der Waals surface area contributed by atoms with Crippen molar-refractivity contribution < 1.29 is 0 Å². The first-order chi connectivity index (χ1) is 11.8. The van der Waals surface area contributed by atoms with Gasteiger partial charge >= 0.3 is 0 Å². The number of anilines is 1. The average molecular weight is 333 g/mol. The number of rotatable bonds is 3. The van der Waals surface area contributed by atoms with Crippen LogP contribution in [0.15, 0.2) is 72.1 Å². The number of pyridine rings is 2. The molecule has 116 valence electrons. The molecule has 0 atom stereocenters. The van der Waals surface area contributed by atoms with Crippen LogP contribution in [0.4, 0.5) is 5.69 Å². The van der Waals surface area contributed by atoms with E-state index in [9.17, 15) is 0 Å². The summed E-state index contributed by atoms with van der Waals surface area (Å²) in [6, 6.07) is 17.4. The van der Waals surface area contributed by atoms with Crippen molar-refractivity contribution in [3.63, 3.8) is 0 Å². The van der Waals surface area contributed by atoms with Gasteiger partial charge < -0.3 is 0 Å². The Morgan fingerprint density at radius 1 is 0.875 bits per heavy atom. The summed E-state index contributed by atoms with van der Waals surface area (Å²) in [5.41, 5.74) is 6.76. The van der Waals surface area contributed by atoms with Crippen LogP contribution in [0.3, 0.4) is 0 Å². The number of hydrogen-bond donors (Lipinski definition) is 1. The molecule has 0 spiro atoms. The number of halogens is 1. The number of nitrogens with zero attached hydrogens (tertiary/aromatic N) is 3. The third-order valence-corrected chi connectivity index (χ3v) is 4.01. The zero-order valence-electron chi connectivity index (χ0n) is 12.6. The minimum Gasteiger partial charge on any atom is -0.278 e. The predicted octanol–water partition coefficient (Wildman–Crippen LogP) is 4.88. The maximum atomic E-state index is 6.01. The minimum atomic E-state index is 0.666. The molecular weight excluding hydrogens is 320 g/mol. The maximum Gasteiger partial charge on any atom is 0.0738 e. The first-order valence-corrected chi connectivity index (χ1v) is 7.86. The molecule has 0 fully saturated rings. The highest BCUT2D eigenvalue weighted by Gasteiger charge is 2.02. The van der Waals surface area contributed by atoms with E-state index in [-0.39, 0.29) is 0 Å². The number of hydrazone groups is 1. The van der Waals surface area contributed by atoms with Gasteiger partial charge in [0.05, 0.1) is 22.9 Å². The van der Waals surface area contributed by atoms with Crippen molar-refractivity contribution in [2.24, 2.45) is 5.10 Å². The van der Waals surface area contributed by atoms with Crippen molar-refractivity contribution in [3.05, 3.63) is 77.6 Å². The second-order valence-corrected chi connectivity index (χ2v) is 5.74. The van der Waals surface area contributed by atoms with Gasteiger partial charge in [0.1, 0.15) is 0 Å². The van der Waals surface area contributed by atoms with Crippen LogP contribution in [0.5, 0.6) is 0 Å². The highest BCUT2D eigenvalue weighted by molar-refractivity contribution is 6.31. The average Bonchev–Trinajstić information content (AvgIpc) is 2.62. The fraction of sp³-hybridized carbons (Fsp3) is 0. The van der Waals surface area contributed by atoms with Gasteiger partial charge in [-0.05, 0) is 36.4 Å². The third kappa shape index (κ3) is 2.79. The third-order valence-electron chi connectivity index (χ3n) is 3.78. The van der Waals surface area contributed by atoms with E-state index in [1.165, 1.54) is 0 Å². The van der Waals surface area contributed by atoms with Crippen LogP contribution < -0.4 is 5.43 Å². The first-order valence-electron chi connectivity index (χ1n) is 7.48. The van der Waals surface area contributed by atoms with Crippen LogP contribution in [-0.4, -0.2) is 16.2 Å². The molecular formula is C19H13ClN4. The molecule has 24 heavy (non-hydrogen) atoms. The summed E-state index contributed by atoms with van der Waals surface area (Å²) < 4.78 is 0. The maximum absolute atomic E-state index is 6.01. The van der Waals surface area contributed by atoms with E-state index in [0.717, 1.165) is 33.1 Å². The molecule has 0 unspecified atom stereocenters. The van der Waals surface area contributed by atoms with Crippen molar-refractivity contribution in [1.82, 2.24) is 9.97 Å². The Morgan fingerprint density at radius 3 is 2.67 bits per heavy atom. The van der Waals surface area contributed by atoms with Crippen LogP contribution in [-0.2, 0) is 0 Å². The molecule has 2 aromatic carbocycles. The summed E-state index contributed by atoms with van der Waals surface area (Å²) in [6.45, 7) is 0.